The quantitative estimate of drug-likeness (QED) is 0.593. The molecule has 0 aromatic carbocycles. The zero-order valence-electron chi connectivity index (χ0n) is 8.09. The highest BCUT2D eigenvalue weighted by atomic mass is 16.2. The third-order valence-electron chi connectivity index (χ3n) is 2.33. The van der Waals surface area contributed by atoms with Crippen LogP contribution in [0.4, 0.5) is 4.79 Å². The van der Waals surface area contributed by atoms with Crippen molar-refractivity contribution in [1.82, 2.24) is 10.2 Å². The fraction of sp³-hybridized carbons (Fsp3) is 0.889. The van der Waals surface area contributed by atoms with Gasteiger partial charge in [-0.2, -0.15) is 0 Å². The molecular formula is C9H19N3O. The van der Waals surface area contributed by atoms with Crippen molar-refractivity contribution in [2.24, 2.45) is 5.73 Å². The van der Waals surface area contributed by atoms with E-state index >= 15 is 0 Å². The van der Waals surface area contributed by atoms with Gasteiger partial charge in [-0.25, -0.2) is 4.79 Å². The van der Waals surface area contributed by atoms with Crippen molar-refractivity contribution < 1.29 is 4.79 Å². The van der Waals surface area contributed by atoms with Gasteiger partial charge in [0.1, 0.15) is 0 Å². The number of nitrogens with two attached hydrogens (primary N) is 1. The highest BCUT2D eigenvalue weighted by Gasteiger charge is 2.17. The Morgan fingerprint density at radius 3 is 2.69 bits per heavy atom. The molecule has 0 radical (unpaired) electrons. The lowest BCUT2D eigenvalue weighted by atomic mass is 10.2. The molecule has 0 bridgehead atoms. The molecule has 1 aliphatic heterocycles. The number of hydrogen-bond donors (Lipinski definition) is 2. The lowest BCUT2D eigenvalue weighted by Gasteiger charge is -2.13. The van der Waals surface area contributed by atoms with E-state index < -0.39 is 0 Å². The van der Waals surface area contributed by atoms with Crippen molar-refractivity contribution >= 4 is 6.03 Å². The monoisotopic (exact) mass is 185 g/mol. The standard InChI is InChI=1S/C9H19N3O/c10-5-3-1-2-4-7-12-8-6-11-9(12)13/h1-8,10H2,(H,11,13). The Morgan fingerprint density at radius 1 is 1.31 bits per heavy atom. The van der Waals surface area contributed by atoms with Crippen molar-refractivity contribution in [1.29, 1.82) is 0 Å². The topological polar surface area (TPSA) is 58.4 Å². The number of amides is 2. The van der Waals surface area contributed by atoms with Crippen LogP contribution in [-0.4, -0.2) is 37.1 Å². The van der Waals surface area contributed by atoms with Crippen LogP contribution in [0.15, 0.2) is 0 Å². The summed E-state index contributed by atoms with van der Waals surface area (Å²) in [5.74, 6) is 0. The van der Waals surface area contributed by atoms with Gasteiger partial charge in [-0.05, 0) is 19.4 Å². The molecule has 3 N–H and O–H groups in total. The van der Waals surface area contributed by atoms with Gasteiger partial charge in [-0.3, -0.25) is 0 Å². The molecule has 0 spiro atoms. The average Bonchev–Trinajstić information content (AvgIpc) is 2.52. The van der Waals surface area contributed by atoms with Gasteiger partial charge in [-0.1, -0.05) is 12.8 Å². The summed E-state index contributed by atoms with van der Waals surface area (Å²) < 4.78 is 0. The number of carbonyl (C=O) groups is 1. The fourth-order valence-electron chi connectivity index (χ4n) is 1.53. The Bertz CT molecular complexity index is 161. The number of carbonyl (C=O) groups excluding carboxylic acids is 1. The van der Waals surface area contributed by atoms with E-state index in [1.54, 1.807) is 0 Å². The molecule has 76 valence electrons. The van der Waals surface area contributed by atoms with E-state index in [2.05, 4.69) is 5.32 Å². The smallest absolute Gasteiger partial charge is 0.317 e. The molecular weight excluding hydrogens is 166 g/mol. The predicted octanol–water partition coefficient (Wildman–Crippen LogP) is 0.531. The Kier molecular flexibility index (Phi) is 4.60. The first kappa shape index (κ1) is 10.3. The van der Waals surface area contributed by atoms with Crippen LogP contribution in [0.1, 0.15) is 25.7 Å². The highest BCUT2D eigenvalue weighted by Crippen LogP contribution is 2.03. The van der Waals surface area contributed by atoms with Gasteiger partial charge in [0.15, 0.2) is 0 Å². The molecule has 0 unspecified atom stereocenters. The molecule has 2 amide bonds. The Morgan fingerprint density at radius 2 is 2.08 bits per heavy atom. The molecule has 1 fully saturated rings. The van der Waals surface area contributed by atoms with Crippen LogP contribution >= 0.6 is 0 Å². The van der Waals surface area contributed by atoms with Crippen LogP contribution in [0, 0.1) is 0 Å². The normalized spacial score (nSPS) is 16.4. The molecule has 13 heavy (non-hydrogen) atoms. The van der Waals surface area contributed by atoms with E-state index in [0.717, 1.165) is 39.0 Å². The molecule has 0 atom stereocenters. The first-order valence-electron chi connectivity index (χ1n) is 5.07. The lowest BCUT2D eigenvalue weighted by molar-refractivity contribution is 0.216. The summed E-state index contributed by atoms with van der Waals surface area (Å²) in [5.41, 5.74) is 5.38. The minimum Gasteiger partial charge on any atom is -0.336 e. The minimum absolute atomic E-state index is 0.0961. The number of nitrogens with one attached hydrogen (secondary N) is 1. The average molecular weight is 185 g/mol. The zero-order valence-corrected chi connectivity index (χ0v) is 8.09. The van der Waals surface area contributed by atoms with Crippen molar-refractivity contribution in [2.75, 3.05) is 26.2 Å². The van der Waals surface area contributed by atoms with Gasteiger partial charge >= 0.3 is 6.03 Å². The summed E-state index contributed by atoms with van der Waals surface area (Å²) in [5, 5.41) is 2.79. The van der Waals surface area contributed by atoms with Crippen molar-refractivity contribution in [2.45, 2.75) is 25.7 Å². The van der Waals surface area contributed by atoms with Gasteiger partial charge < -0.3 is 16.0 Å². The number of hydrogen-bond acceptors (Lipinski definition) is 2. The van der Waals surface area contributed by atoms with Gasteiger partial charge in [0, 0.05) is 19.6 Å². The van der Waals surface area contributed by atoms with Crippen molar-refractivity contribution in [3.05, 3.63) is 0 Å². The first-order valence-corrected chi connectivity index (χ1v) is 5.07. The molecule has 4 heteroatoms. The van der Waals surface area contributed by atoms with Crippen molar-refractivity contribution in [3.63, 3.8) is 0 Å². The van der Waals surface area contributed by atoms with E-state index in [-0.39, 0.29) is 6.03 Å². The molecule has 4 nitrogen and oxygen atoms in total. The first-order chi connectivity index (χ1) is 6.34. The second kappa shape index (κ2) is 5.80. The van der Waals surface area contributed by atoms with Crippen LogP contribution in [0.3, 0.4) is 0 Å². The second-order valence-electron chi connectivity index (χ2n) is 3.42. The number of unbranched alkanes of at least 4 members (excludes halogenated alkanes) is 3. The van der Waals surface area contributed by atoms with Crippen LogP contribution < -0.4 is 11.1 Å². The second-order valence-corrected chi connectivity index (χ2v) is 3.42. The minimum atomic E-state index is 0.0961. The van der Waals surface area contributed by atoms with Gasteiger partial charge in [0.2, 0.25) is 0 Å². The molecule has 1 saturated heterocycles. The van der Waals surface area contributed by atoms with E-state index in [1.165, 1.54) is 12.8 Å². The number of urea groups is 1. The third kappa shape index (κ3) is 3.63. The summed E-state index contributed by atoms with van der Waals surface area (Å²) >= 11 is 0. The Hall–Kier alpha value is -0.770. The molecule has 0 aromatic heterocycles. The molecule has 1 aliphatic rings. The van der Waals surface area contributed by atoms with Crippen LogP contribution in [0.2, 0.25) is 0 Å². The largest absolute Gasteiger partial charge is 0.336 e. The zero-order chi connectivity index (χ0) is 9.52. The summed E-state index contributed by atoms with van der Waals surface area (Å²) in [7, 11) is 0. The van der Waals surface area contributed by atoms with Gasteiger partial charge in [0.05, 0.1) is 0 Å². The van der Waals surface area contributed by atoms with E-state index in [0.29, 0.717) is 0 Å². The van der Waals surface area contributed by atoms with Crippen molar-refractivity contribution in [3.8, 4) is 0 Å². The number of nitrogens with zero attached hydrogens (tertiary/aromatic N) is 1. The van der Waals surface area contributed by atoms with Crippen LogP contribution in [0.5, 0.6) is 0 Å². The van der Waals surface area contributed by atoms with E-state index in [1.807, 2.05) is 4.90 Å². The Balaban J connectivity index is 1.96. The number of rotatable bonds is 6. The van der Waals surface area contributed by atoms with E-state index in [9.17, 15) is 4.79 Å². The third-order valence-corrected chi connectivity index (χ3v) is 2.33. The Labute approximate surface area is 79.5 Å². The van der Waals surface area contributed by atoms with Gasteiger partial charge in [-0.15, -0.1) is 0 Å². The molecule has 0 saturated carbocycles. The highest BCUT2D eigenvalue weighted by molar-refractivity contribution is 5.76. The molecule has 0 aromatic rings. The predicted molar refractivity (Wildman–Crippen MR) is 52.5 cm³/mol. The maximum absolute atomic E-state index is 11.1. The molecule has 1 rings (SSSR count). The van der Waals surface area contributed by atoms with Crippen LogP contribution in [-0.2, 0) is 0 Å². The van der Waals surface area contributed by atoms with Crippen LogP contribution in [0.25, 0.3) is 0 Å². The summed E-state index contributed by atoms with van der Waals surface area (Å²) in [6.45, 7) is 3.36. The summed E-state index contributed by atoms with van der Waals surface area (Å²) in [6.07, 6.45) is 4.58. The summed E-state index contributed by atoms with van der Waals surface area (Å²) in [6, 6.07) is 0.0961. The lowest BCUT2D eigenvalue weighted by Crippen LogP contribution is -2.28. The molecule has 1 heterocycles. The molecule has 0 aliphatic carbocycles. The fourth-order valence-corrected chi connectivity index (χ4v) is 1.53. The van der Waals surface area contributed by atoms with Gasteiger partial charge in [0.25, 0.3) is 0 Å². The SMILES string of the molecule is NCCCCCCN1CCNC1=O. The maximum Gasteiger partial charge on any atom is 0.317 e. The van der Waals surface area contributed by atoms with E-state index in [4.69, 9.17) is 5.73 Å². The summed E-state index contributed by atoms with van der Waals surface area (Å²) in [4.78, 5) is 13.0. The maximum atomic E-state index is 11.1.